The Bertz CT molecular complexity index is 416. The van der Waals surface area contributed by atoms with Crippen LogP contribution in [0.25, 0.3) is 0 Å². The van der Waals surface area contributed by atoms with Gasteiger partial charge in [0.05, 0.1) is 11.4 Å². The third kappa shape index (κ3) is 2.26. The molecule has 2 rings (SSSR count). The number of hydrogen-bond donors (Lipinski definition) is 2. The maximum atomic E-state index is 9.52. The second kappa shape index (κ2) is 4.77. The summed E-state index contributed by atoms with van der Waals surface area (Å²) in [6, 6.07) is 0. The van der Waals surface area contributed by atoms with Crippen molar-refractivity contribution in [2.24, 2.45) is 0 Å². The first kappa shape index (κ1) is 11.5. The topological polar surface area (TPSA) is 47.3 Å². The molecular weight excluding hydrogens is 212 g/mol. The molecule has 15 heavy (non-hydrogen) atoms. The fourth-order valence-corrected chi connectivity index (χ4v) is 1.35. The molecule has 1 aliphatic heterocycles. The Morgan fingerprint density at radius 3 is 2.33 bits per heavy atom. The molecule has 0 unspecified atom stereocenters. The molecule has 1 heterocycles. The molecule has 0 aromatic heterocycles. The van der Waals surface area contributed by atoms with Crippen molar-refractivity contribution >= 4 is 18.1 Å². The summed E-state index contributed by atoms with van der Waals surface area (Å²) in [5.41, 5.74) is 1.75. The second-order valence-corrected chi connectivity index (χ2v) is 2.98. The molecule has 0 saturated heterocycles. The number of allylic oxidation sites excluding steroid dienone is 8. The Morgan fingerprint density at radius 2 is 1.67 bits per heavy atom. The quantitative estimate of drug-likeness (QED) is 0.662. The molecule has 0 bridgehead atoms. The average Bonchev–Trinajstić information content (AvgIpc) is 2.20. The van der Waals surface area contributed by atoms with Crippen molar-refractivity contribution in [1.82, 2.24) is 5.06 Å². The van der Waals surface area contributed by atoms with Gasteiger partial charge in [0.15, 0.2) is 0 Å². The molecule has 2 N–H and O–H groups in total. The third-order valence-corrected chi connectivity index (χ3v) is 2.04. The van der Waals surface area contributed by atoms with E-state index in [2.05, 4.69) is 0 Å². The number of halogens is 1. The molecule has 0 saturated carbocycles. The van der Waals surface area contributed by atoms with E-state index in [0.717, 1.165) is 10.6 Å². The van der Waals surface area contributed by atoms with Gasteiger partial charge in [-0.2, -0.15) is 0 Å². The summed E-state index contributed by atoms with van der Waals surface area (Å²) in [5, 5.41) is 18.2. The zero-order chi connectivity index (χ0) is 9.97. The van der Waals surface area contributed by atoms with E-state index in [1.807, 2.05) is 18.2 Å². The minimum Gasteiger partial charge on any atom is -0.300 e. The standard InChI is InChI=1S/C11H10N2O.ClH/c12-10-6-2-1-5-9(10)11-7-3-4-8-13(11)14;/h1-8,12,14H;1H. The van der Waals surface area contributed by atoms with Crippen LogP contribution in [0.4, 0.5) is 0 Å². The zero-order valence-corrected chi connectivity index (χ0v) is 8.74. The van der Waals surface area contributed by atoms with E-state index in [-0.39, 0.29) is 12.4 Å². The number of hydrogen-bond acceptors (Lipinski definition) is 3. The molecular formula is C11H11ClN2O. The van der Waals surface area contributed by atoms with E-state index in [9.17, 15) is 5.21 Å². The lowest BCUT2D eigenvalue weighted by Gasteiger charge is -2.19. The van der Waals surface area contributed by atoms with Crippen LogP contribution >= 0.6 is 12.4 Å². The maximum Gasteiger partial charge on any atom is 0.0779 e. The van der Waals surface area contributed by atoms with Crippen molar-refractivity contribution in [3.05, 3.63) is 60.0 Å². The largest absolute Gasteiger partial charge is 0.300 e. The third-order valence-electron chi connectivity index (χ3n) is 2.04. The monoisotopic (exact) mass is 222 g/mol. The second-order valence-electron chi connectivity index (χ2n) is 2.98. The molecule has 0 aromatic carbocycles. The highest BCUT2D eigenvalue weighted by Gasteiger charge is 2.12. The average molecular weight is 223 g/mol. The van der Waals surface area contributed by atoms with Crippen LogP contribution < -0.4 is 0 Å². The van der Waals surface area contributed by atoms with Crippen molar-refractivity contribution < 1.29 is 5.21 Å². The van der Waals surface area contributed by atoms with Crippen LogP contribution in [-0.4, -0.2) is 16.0 Å². The molecule has 0 aromatic rings. The van der Waals surface area contributed by atoms with Crippen LogP contribution in [0.5, 0.6) is 0 Å². The van der Waals surface area contributed by atoms with Crippen LogP contribution in [0, 0.1) is 5.41 Å². The zero-order valence-electron chi connectivity index (χ0n) is 7.92. The normalized spacial score (nSPS) is 23.3. The van der Waals surface area contributed by atoms with E-state index < -0.39 is 0 Å². The van der Waals surface area contributed by atoms with Crippen molar-refractivity contribution in [2.45, 2.75) is 0 Å². The van der Waals surface area contributed by atoms with Gasteiger partial charge in [-0.1, -0.05) is 24.3 Å². The van der Waals surface area contributed by atoms with Crippen LogP contribution in [0.1, 0.15) is 0 Å². The first-order chi connectivity index (χ1) is 6.79. The van der Waals surface area contributed by atoms with Crippen LogP contribution in [0.15, 0.2) is 60.0 Å². The van der Waals surface area contributed by atoms with Gasteiger partial charge in [0.25, 0.3) is 0 Å². The molecule has 1 aliphatic carbocycles. The van der Waals surface area contributed by atoms with Gasteiger partial charge in [-0.15, -0.1) is 12.4 Å². The lowest BCUT2D eigenvalue weighted by Crippen LogP contribution is -2.16. The summed E-state index contributed by atoms with van der Waals surface area (Å²) in [6.07, 6.45) is 14.0. The summed E-state index contributed by atoms with van der Waals surface area (Å²) >= 11 is 0. The molecule has 0 radical (unpaired) electrons. The molecule has 2 aliphatic rings. The highest BCUT2D eigenvalue weighted by atomic mass is 35.5. The lowest BCUT2D eigenvalue weighted by molar-refractivity contribution is -0.000668. The Morgan fingerprint density at radius 1 is 1.00 bits per heavy atom. The molecule has 4 heteroatoms. The van der Waals surface area contributed by atoms with Crippen LogP contribution in [0.3, 0.4) is 0 Å². The van der Waals surface area contributed by atoms with Gasteiger partial charge in [-0.25, -0.2) is 5.06 Å². The smallest absolute Gasteiger partial charge is 0.0779 e. The molecule has 0 fully saturated rings. The van der Waals surface area contributed by atoms with Crippen LogP contribution in [0.2, 0.25) is 0 Å². The fraction of sp³-hybridized carbons (Fsp3) is 0. The van der Waals surface area contributed by atoms with Crippen molar-refractivity contribution in [1.29, 1.82) is 5.41 Å². The minimum atomic E-state index is 0. The van der Waals surface area contributed by atoms with Gasteiger partial charge < -0.3 is 5.41 Å². The van der Waals surface area contributed by atoms with Gasteiger partial charge >= 0.3 is 0 Å². The molecule has 0 atom stereocenters. The van der Waals surface area contributed by atoms with E-state index in [1.54, 1.807) is 30.5 Å². The van der Waals surface area contributed by atoms with E-state index >= 15 is 0 Å². The number of rotatable bonds is 0. The highest BCUT2D eigenvalue weighted by Crippen LogP contribution is 2.19. The Labute approximate surface area is 94.3 Å². The van der Waals surface area contributed by atoms with Gasteiger partial charge in [0.2, 0.25) is 0 Å². The summed E-state index contributed by atoms with van der Waals surface area (Å²) in [4.78, 5) is 0. The minimum absolute atomic E-state index is 0. The Hall–Kier alpha value is -1.58. The van der Waals surface area contributed by atoms with Crippen LogP contribution in [-0.2, 0) is 0 Å². The fourth-order valence-electron chi connectivity index (χ4n) is 1.35. The first-order valence-electron chi connectivity index (χ1n) is 4.30. The van der Waals surface area contributed by atoms with E-state index in [4.69, 9.17) is 5.41 Å². The Balaban J connectivity index is 0.00000112. The van der Waals surface area contributed by atoms with Gasteiger partial charge in [0.1, 0.15) is 0 Å². The van der Waals surface area contributed by atoms with Crippen molar-refractivity contribution in [3.63, 3.8) is 0 Å². The lowest BCUT2D eigenvalue weighted by atomic mass is 10.0. The van der Waals surface area contributed by atoms with Gasteiger partial charge in [0, 0.05) is 11.8 Å². The molecule has 3 nitrogen and oxygen atoms in total. The molecule has 0 spiro atoms. The predicted molar refractivity (Wildman–Crippen MR) is 62.2 cm³/mol. The van der Waals surface area contributed by atoms with Crippen molar-refractivity contribution in [2.75, 3.05) is 0 Å². The van der Waals surface area contributed by atoms with E-state index in [1.165, 1.54) is 0 Å². The Kier molecular flexibility index (Phi) is 3.66. The van der Waals surface area contributed by atoms with Gasteiger partial charge in [-0.05, 0) is 18.2 Å². The number of nitrogens with one attached hydrogen (secondary N) is 1. The van der Waals surface area contributed by atoms with E-state index in [0.29, 0.717) is 11.4 Å². The molecule has 78 valence electrons. The highest BCUT2D eigenvalue weighted by molar-refractivity contribution is 6.10. The first-order valence-corrected chi connectivity index (χ1v) is 4.30. The number of hydroxylamine groups is 2. The predicted octanol–water partition coefficient (Wildman–Crippen LogP) is 2.58. The SMILES string of the molecule is Cl.N=C1C=CC=CC1=C1C=CC=CN1O. The summed E-state index contributed by atoms with van der Waals surface area (Å²) in [7, 11) is 0. The molecule has 0 amide bonds. The summed E-state index contributed by atoms with van der Waals surface area (Å²) in [5.74, 6) is 0. The summed E-state index contributed by atoms with van der Waals surface area (Å²) < 4.78 is 0. The maximum absolute atomic E-state index is 9.52. The van der Waals surface area contributed by atoms with Crippen molar-refractivity contribution in [3.8, 4) is 0 Å². The summed E-state index contributed by atoms with van der Waals surface area (Å²) in [6.45, 7) is 0. The van der Waals surface area contributed by atoms with Gasteiger partial charge in [-0.3, -0.25) is 5.21 Å². The number of nitrogens with zero attached hydrogens (tertiary/aromatic N) is 1.